The van der Waals surface area contributed by atoms with E-state index in [1.165, 1.54) is 49.7 Å². The number of hydrogen-bond acceptors (Lipinski definition) is 2. The molecule has 50 heavy (non-hydrogen) atoms. The molecule has 4 nitrogen and oxygen atoms in total. The number of benzene rings is 6. The lowest BCUT2D eigenvalue weighted by atomic mass is 9.94. The Kier molecular flexibility index (Phi) is 6.59. The average Bonchev–Trinajstić information content (AvgIpc) is 3.71. The van der Waals surface area contributed by atoms with Gasteiger partial charge < -0.3 is 9.13 Å². The maximum atomic E-state index is 4.62. The van der Waals surface area contributed by atoms with E-state index in [4.69, 9.17) is 0 Å². The summed E-state index contributed by atoms with van der Waals surface area (Å²) in [5, 5.41) is 3.88. The number of allylic oxidation sites excluding steroid dienone is 1. The number of para-hydroxylation sites is 3. The number of hydrogen-bond donors (Lipinski definition) is 0. The monoisotopic (exact) mass is 640 g/mol. The van der Waals surface area contributed by atoms with Crippen LogP contribution in [0.25, 0.3) is 83.7 Å². The van der Waals surface area contributed by atoms with E-state index >= 15 is 0 Å². The summed E-state index contributed by atoms with van der Waals surface area (Å²) in [7, 11) is 0. The van der Waals surface area contributed by atoms with Gasteiger partial charge in [-0.2, -0.15) is 0 Å². The van der Waals surface area contributed by atoms with Gasteiger partial charge in [-0.25, -0.2) is 9.97 Å². The number of nitrogens with zero attached hydrogens (tertiary/aromatic N) is 4. The highest BCUT2D eigenvalue weighted by Crippen LogP contribution is 2.37. The Balaban J connectivity index is 1.07. The Morgan fingerprint density at radius 1 is 0.480 bits per heavy atom. The largest absolute Gasteiger partial charge is 0.310 e. The van der Waals surface area contributed by atoms with Gasteiger partial charge in [0.05, 0.1) is 22.2 Å². The fourth-order valence-electron chi connectivity index (χ4n) is 7.84. The van der Waals surface area contributed by atoms with Crippen molar-refractivity contribution in [3.63, 3.8) is 0 Å². The van der Waals surface area contributed by atoms with Crippen molar-refractivity contribution in [1.29, 1.82) is 0 Å². The summed E-state index contributed by atoms with van der Waals surface area (Å²) in [6.45, 7) is 0. The molecule has 0 saturated carbocycles. The molecule has 3 heterocycles. The predicted molar refractivity (Wildman–Crippen MR) is 207 cm³/mol. The molecule has 0 aliphatic heterocycles. The van der Waals surface area contributed by atoms with Crippen LogP contribution in [-0.2, 0) is 6.42 Å². The van der Waals surface area contributed by atoms with Crippen molar-refractivity contribution in [3.05, 3.63) is 175 Å². The molecule has 0 fully saturated rings. The Labute approximate surface area is 290 Å². The molecule has 0 saturated heterocycles. The summed E-state index contributed by atoms with van der Waals surface area (Å²) in [6.07, 6.45) is 10.2. The SMILES string of the molecule is C1=Cc2c(c3ccccc3n2-c2ccc(-c3cc(-c4ccc(-n5c6ccccc6c6ccccc65)cc4)cc(-c4ccncn4)c3)cc2)CC1. The maximum Gasteiger partial charge on any atom is 0.116 e. The molecular weight excluding hydrogens is 609 g/mol. The fourth-order valence-corrected chi connectivity index (χ4v) is 7.84. The minimum absolute atomic E-state index is 0.902. The highest BCUT2D eigenvalue weighted by atomic mass is 15.0. The third-order valence-electron chi connectivity index (χ3n) is 10.2. The van der Waals surface area contributed by atoms with Crippen LogP contribution >= 0.6 is 0 Å². The summed E-state index contributed by atoms with van der Waals surface area (Å²) >= 11 is 0. The summed E-state index contributed by atoms with van der Waals surface area (Å²) in [5.41, 5.74) is 15.3. The quantitative estimate of drug-likeness (QED) is 0.188. The second-order valence-electron chi connectivity index (χ2n) is 13.0. The van der Waals surface area contributed by atoms with Crippen LogP contribution in [0.4, 0.5) is 0 Å². The second kappa shape index (κ2) is 11.6. The molecule has 4 heteroatoms. The van der Waals surface area contributed by atoms with Crippen LogP contribution in [0.5, 0.6) is 0 Å². The molecule has 0 N–H and O–H groups in total. The zero-order valence-electron chi connectivity index (χ0n) is 27.4. The average molecular weight is 641 g/mol. The summed E-state index contributed by atoms with van der Waals surface area (Å²) < 4.78 is 4.77. The molecule has 0 radical (unpaired) electrons. The molecule has 236 valence electrons. The van der Waals surface area contributed by atoms with Crippen LogP contribution in [0, 0.1) is 0 Å². The van der Waals surface area contributed by atoms with Crippen LogP contribution in [0.1, 0.15) is 17.7 Å². The van der Waals surface area contributed by atoms with Crippen molar-refractivity contribution in [2.24, 2.45) is 0 Å². The maximum absolute atomic E-state index is 4.62. The summed E-state index contributed by atoms with van der Waals surface area (Å²) in [6, 6.07) is 52.8. The van der Waals surface area contributed by atoms with E-state index in [1.54, 1.807) is 12.5 Å². The standard InChI is InChI=1S/C46H32N4/c1-5-13-43-38(9-1)39-10-2-6-14-44(39)49(43)36-21-17-31(18-22-36)33-27-34(29-35(28-33)42-25-26-47-30-48-42)32-19-23-37(24-20-32)50-45-15-7-3-11-40(45)41-12-4-8-16-46(41)50/h1-3,5-11,13-30H,4,12H2. The van der Waals surface area contributed by atoms with Crippen molar-refractivity contribution >= 4 is 38.8 Å². The molecule has 9 aromatic rings. The van der Waals surface area contributed by atoms with Gasteiger partial charge in [-0.3, -0.25) is 0 Å². The predicted octanol–water partition coefficient (Wildman–Crippen LogP) is 11.5. The lowest BCUT2D eigenvalue weighted by Crippen LogP contribution is -2.00. The second-order valence-corrected chi connectivity index (χ2v) is 13.0. The van der Waals surface area contributed by atoms with Gasteiger partial charge in [0.15, 0.2) is 0 Å². The first-order valence-corrected chi connectivity index (χ1v) is 17.2. The summed E-state index contributed by atoms with van der Waals surface area (Å²) in [5.74, 6) is 0. The molecule has 0 bridgehead atoms. The first kappa shape index (κ1) is 28.5. The van der Waals surface area contributed by atoms with Crippen LogP contribution in [-0.4, -0.2) is 19.1 Å². The van der Waals surface area contributed by atoms with Gasteiger partial charge in [-0.15, -0.1) is 0 Å². The topological polar surface area (TPSA) is 35.6 Å². The van der Waals surface area contributed by atoms with Gasteiger partial charge in [0, 0.05) is 45.0 Å². The Bertz CT molecular complexity index is 2680. The van der Waals surface area contributed by atoms with Crippen LogP contribution < -0.4 is 0 Å². The molecule has 0 amide bonds. The van der Waals surface area contributed by atoms with Crippen molar-refractivity contribution in [2.75, 3.05) is 0 Å². The van der Waals surface area contributed by atoms with Crippen molar-refractivity contribution in [2.45, 2.75) is 12.8 Å². The number of aromatic nitrogens is 4. The first-order chi connectivity index (χ1) is 24.8. The number of fused-ring (bicyclic) bond motifs is 6. The third-order valence-corrected chi connectivity index (χ3v) is 10.2. The van der Waals surface area contributed by atoms with E-state index in [0.29, 0.717) is 0 Å². The number of aryl methyl sites for hydroxylation is 1. The van der Waals surface area contributed by atoms with Gasteiger partial charge >= 0.3 is 0 Å². The molecule has 0 unspecified atom stereocenters. The minimum Gasteiger partial charge on any atom is -0.310 e. The van der Waals surface area contributed by atoms with Gasteiger partial charge in [-0.1, -0.05) is 84.9 Å². The van der Waals surface area contributed by atoms with E-state index in [2.05, 4.69) is 171 Å². The van der Waals surface area contributed by atoms with Crippen LogP contribution in [0.2, 0.25) is 0 Å². The van der Waals surface area contributed by atoms with Gasteiger partial charge in [0.1, 0.15) is 6.33 Å². The van der Waals surface area contributed by atoms with Crippen molar-refractivity contribution in [3.8, 4) is 44.9 Å². The van der Waals surface area contributed by atoms with Gasteiger partial charge in [0.2, 0.25) is 0 Å². The third kappa shape index (κ3) is 4.61. The molecule has 3 aromatic heterocycles. The zero-order chi connectivity index (χ0) is 33.0. The number of rotatable bonds is 5. The van der Waals surface area contributed by atoms with Crippen LogP contribution in [0.15, 0.2) is 164 Å². The van der Waals surface area contributed by atoms with E-state index in [1.807, 2.05) is 6.07 Å². The normalized spacial score (nSPS) is 12.6. The fraction of sp³-hybridized carbons (Fsp3) is 0.0435. The van der Waals surface area contributed by atoms with E-state index < -0.39 is 0 Å². The molecule has 0 spiro atoms. The van der Waals surface area contributed by atoms with Crippen LogP contribution in [0.3, 0.4) is 0 Å². The highest BCUT2D eigenvalue weighted by Gasteiger charge is 2.18. The Morgan fingerprint density at radius 2 is 1.02 bits per heavy atom. The minimum atomic E-state index is 0.902. The Morgan fingerprint density at radius 3 is 1.62 bits per heavy atom. The van der Waals surface area contributed by atoms with E-state index in [0.717, 1.165) is 52.0 Å². The Hall–Kier alpha value is -6.52. The molecule has 1 aliphatic rings. The van der Waals surface area contributed by atoms with E-state index in [-0.39, 0.29) is 0 Å². The molecular formula is C46H32N4. The summed E-state index contributed by atoms with van der Waals surface area (Å²) in [4.78, 5) is 8.79. The smallest absolute Gasteiger partial charge is 0.116 e. The lowest BCUT2D eigenvalue weighted by molar-refractivity contribution is 0.967. The van der Waals surface area contributed by atoms with Gasteiger partial charge in [-0.05, 0) is 113 Å². The zero-order valence-corrected chi connectivity index (χ0v) is 27.4. The van der Waals surface area contributed by atoms with Gasteiger partial charge in [0.25, 0.3) is 0 Å². The first-order valence-electron chi connectivity index (χ1n) is 17.2. The molecule has 6 aromatic carbocycles. The highest BCUT2D eigenvalue weighted by molar-refractivity contribution is 6.09. The van der Waals surface area contributed by atoms with E-state index in [9.17, 15) is 0 Å². The molecule has 10 rings (SSSR count). The van der Waals surface area contributed by atoms with Crippen molar-refractivity contribution in [1.82, 2.24) is 19.1 Å². The van der Waals surface area contributed by atoms with Crippen molar-refractivity contribution < 1.29 is 0 Å². The molecule has 1 aliphatic carbocycles. The molecule has 0 atom stereocenters. The lowest BCUT2D eigenvalue weighted by Gasteiger charge is -2.14.